The number of nitrogens with zero attached hydrogens (tertiary/aromatic N) is 3. The molecule has 0 amide bonds. The molecule has 0 fully saturated rings. The molecular weight excluding hydrogens is 282 g/mol. The van der Waals surface area contributed by atoms with Gasteiger partial charge in [-0.15, -0.1) is 0 Å². The van der Waals surface area contributed by atoms with Gasteiger partial charge in [0.15, 0.2) is 5.82 Å². The van der Waals surface area contributed by atoms with Gasteiger partial charge in [-0.1, -0.05) is 60.7 Å². The van der Waals surface area contributed by atoms with Gasteiger partial charge in [0.25, 0.3) is 0 Å². The number of benzene rings is 2. The molecule has 0 saturated heterocycles. The zero-order valence-corrected chi connectivity index (χ0v) is 12.6. The Bertz CT molecular complexity index is 864. The fourth-order valence-corrected chi connectivity index (χ4v) is 2.64. The molecule has 1 aliphatic heterocycles. The summed E-state index contributed by atoms with van der Waals surface area (Å²) in [7, 11) is 0. The van der Waals surface area contributed by atoms with Crippen molar-refractivity contribution in [1.29, 1.82) is 0 Å². The third-order valence-corrected chi connectivity index (χ3v) is 3.90. The quantitative estimate of drug-likeness (QED) is 0.719. The minimum absolute atomic E-state index is 0.747. The van der Waals surface area contributed by atoms with Gasteiger partial charge in [-0.3, -0.25) is 4.99 Å². The van der Waals surface area contributed by atoms with Crippen LogP contribution in [0.3, 0.4) is 0 Å². The zero-order valence-electron chi connectivity index (χ0n) is 12.6. The molecule has 0 spiro atoms. The fourth-order valence-electron chi connectivity index (χ4n) is 2.64. The van der Waals surface area contributed by atoms with Crippen molar-refractivity contribution in [3.05, 3.63) is 90.4 Å². The van der Waals surface area contributed by atoms with E-state index in [0.717, 1.165) is 34.7 Å². The van der Waals surface area contributed by atoms with Gasteiger partial charge in [0.05, 0.1) is 5.71 Å². The van der Waals surface area contributed by atoms with Crippen LogP contribution >= 0.6 is 0 Å². The molecule has 3 aromatic rings. The minimum Gasteiger partial charge on any atom is -0.260 e. The second-order valence-electron chi connectivity index (χ2n) is 5.43. The summed E-state index contributed by atoms with van der Waals surface area (Å²) < 4.78 is 0. The molecule has 2 heterocycles. The summed E-state index contributed by atoms with van der Waals surface area (Å²) in [4.78, 5) is 13.5. The molecule has 3 heteroatoms. The van der Waals surface area contributed by atoms with Crippen LogP contribution in [-0.2, 0) is 0 Å². The van der Waals surface area contributed by atoms with Crippen LogP contribution in [-0.4, -0.2) is 15.7 Å². The molecule has 0 atom stereocenters. The van der Waals surface area contributed by atoms with Crippen LogP contribution in [0, 0.1) is 0 Å². The maximum Gasteiger partial charge on any atom is 0.159 e. The Morgan fingerprint density at radius 2 is 1.26 bits per heavy atom. The van der Waals surface area contributed by atoms with Crippen molar-refractivity contribution in [3.8, 4) is 11.4 Å². The van der Waals surface area contributed by atoms with E-state index in [9.17, 15) is 0 Å². The van der Waals surface area contributed by atoms with Crippen LogP contribution in [0.15, 0.2) is 84.2 Å². The van der Waals surface area contributed by atoms with E-state index in [2.05, 4.69) is 27.1 Å². The van der Waals surface area contributed by atoms with E-state index >= 15 is 0 Å². The summed E-state index contributed by atoms with van der Waals surface area (Å²) in [6, 6.07) is 20.3. The van der Waals surface area contributed by atoms with E-state index in [0.29, 0.717) is 0 Å². The monoisotopic (exact) mass is 297 g/mol. The molecule has 3 nitrogen and oxygen atoms in total. The van der Waals surface area contributed by atoms with Crippen molar-refractivity contribution in [2.75, 3.05) is 0 Å². The fraction of sp³-hybridized carbons (Fsp3) is 0.0500. The van der Waals surface area contributed by atoms with Gasteiger partial charge in [0.1, 0.15) is 0 Å². The number of aliphatic imine (C=N–C) groups is 1. The molecule has 0 bridgehead atoms. The largest absolute Gasteiger partial charge is 0.260 e. The van der Waals surface area contributed by atoms with Crippen LogP contribution in [0.25, 0.3) is 17.0 Å². The standard InChI is InChI=1S/C20H15N3/c1-3-7-15(8-4-1)19-11-17(12-21-19)18-13-22-20(23-14-18)16-9-5-2-6-10-16/h1-10,12-14H,11H2. The Balaban J connectivity index is 1.52. The Kier molecular flexibility index (Phi) is 3.53. The predicted molar refractivity (Wildman–Crippen MR) is 93.0 cm³/mol. The molecular formula is C20H15N3. The van der Waals surface area contributed by atoms with Crippen LogP contribution in [0.4, 0.5) is 0 Å². The lowest BCUT2D eigenvalue weighted by Crippen LogP contribution is -1.98. The summed E-state index contributed by atoms with van der Waals surface area (Å²) in [6.45, 7) is 0. The van der Waals surface area contributed by atoms with Crippen LogP contribution in [0.1, 0.15) is 17.5 Å². The van der Waals surface area contributed by atoms with Crippen molar-refractivity contribution in [1.82, 2.24) is 9.97 Å². The van der Waals surface area contributed by atoms with E-state index < -0.39 is 0 Å². The Labute approximate surface area is 135 Å². The normalized spacial score (nSPS) is 13.6. The lowest BCUT2D eigenvalue weighted by atomic mass is 10.0. The van der Waals surface area contributed by atoms with Crippen LogP contribution in [0.2, 0.25) is 0 Å². The number of aromatic nitrogens is 2. The first-order valence-electron chi connectivity index (χ1n) is 7.59. The van der Waals surface area contributed by atoms with Crippen molar-refractivity contribution >= 4 is 11.3 Å². The molecule has 2 aromatic carbocycles. The molecule has 1 aromatic heterocycles. The predicted octanol–water partition coefficient (Wildman–Crippen LogP) is 4.38. The summed E-state index contributed by atoms with van der Waals surface area (Å²) in [5.41, 5.74) is 5.47. The van der Waals surface area contributed by atoms with Gasteiger partial charge < -0.3 is 0 Å². The first-order chi connectivity index (χ1) is 11.4. The Morgan fingerprint density at radius 1 is 0.652 bits per heavy atom. The maximum absolute atomic E-state index is 4.54. The summed E-state index contributed by atoms with van der Waals surface area (Å²) in [6.07, 6.45) is 6.50. The highest BCUT2D eigenvalue weighted by Gasteiger charge is 2.14. The highest BCUT2D eigenvalue weighted by Crippen LogP contribution is 2.26. The maximum atomic E-state index is 4.54. The molecule has 0 saturated carbocycles. The van der Waals surface area contributed by atoms with Crippen molar-refractivity contribution in [2.24, 2.45) is 4.99 Å². The summed E-state index contributed by atoms with van der Waals surface area (Å²) in [5.74, 6) is 0.747. The van der Waals surface area contributed by atoms with Gasteiger partial charge in [-0.05, 0) is 11.1 Å². The van der Waals surface area contributed by atoms with E-state index in [1.807, 2.05) is 67.1 Å². The van der Waals surface area contributed by atoms with Gasteiger partial charge in [0.2, 0.25) is 0 Å². The first-order valence-corrected chi connectivity index (χ1v) is 7.59. The minimum atomic E-state index is 0.747. The highest BCUT2D eigenvalue weighted by molar-refractivity contribution is 6.08. The topological polar surface area (TPSA) is 38.1 Å². The second kappa shape index (κ2) is 5.97. The van der Waals surface area contributed by atoms with Crippen LogP contribution in [0.5, 0.6) is 0 Å². The van der Waals surface area contributed by atoms with Gasteiger partial charge in [-0.2, -0.15) is 0 Å². The van der Waals surface area contributed by atoms with Crippen molar-refractivity contribution in [3.63, 3.8) is 0 Å². The summed E-state index contributed by atoms with van der Waals surface area (Å²) in [5, 5.41) is 0. The van der Waals surface area contributed by atoms with E-state index in [4.69, 9.17) is 0 Å². The van der Waals surface area contributed by atoms with Gasteiger partial charge in [-0.25, -0.2) is 9.97 Å². The van der Waals surface area contributed by atoms with E-state index in [1.54, 1.807) is 0 Å². The first kappa shape index (κ1) is 13.6. The SMILES string of the molecule is C1=C(c2cnc(-c3ccccc3)nc2)CC(c2ccccc2)=N1. The van der Waals surface area contributed by atoms with Gasteiger partial charge in [0, 0.05) is 36.1 Å². The molecule has 0 radical (unpaired) electrons. The summed E-state index contributed by atoms with van der Waals surface area (Å²) >= 11 is 0. The molecule has 110 valence electrons. The average Bonchev–Trinajstić information content (AvgIpc) is 3.14. The van der Waals surface area contributed by atoms with E-state index in [1.165, 1.54) is 5.56 Å². The average molecular weight is 297 g/mol. The van der Waals surface area contributed by atoms with Crippen molar-refractivity contribution < 1.29 is 0 Å². The third kappa shape index (κ3) is 2.81. The zero-order chi connectivity index (χ0) is 15.5. The number of rotatable bonds is 3. The smallest absolute Gasteiger partial charge is 0.159 e. The molecule has 1 aliphatic rings. The molecule has 0 unspecified atom stereocenters. The molecule has 4 rings (SSSR count). The lowest BCUT2D eigenvalue weighted by Gasteiger charge is -2.05. The third-order valence-electron chi connectivity index (χ3n) is 3.90. The van der Waals surface area contributed by atoms with Crippen LogP contribution < -0.4 is 0 Å². The highest BCUT2D eigenvalue weighted by atomic mass is 14.9. The molecule has 0 N–H and O–H groups in total. The second-order valence-corrected chi connectivity index (χ2v) is 5.43. The Hall–Kier alpha value is -3.07. The number of hydrogen-bond acceptors (Lipinski definition) is 3. The lowest BCUT2D eigenvalue weighted by molar-refractivity contribution is 1.16. The van der Waals surface area contributed by atoms with Crippen molar-refractivity contribution in [2.45, 2.75) is 6.42 Å². The molecule has 23 heavy (non-hydrogen) atoms. The number of hydrogen-bond donors (Lipinski definition) is 0. The Morgan fingerprint density at radius 3 is 1.91 bits per heavy atom. The molecule has 0 aliphatic carbocycles. The van der Waals surface area contributed by atoms with E-state index in [-0.39, 0.29) is 0 Å². The number of allylic oxidation sites excluding steroid dienone is 1. The van der Waals surface area contributed by atoms with Gasteiger partial charge >= 0.3 is 0 Å².